The Kier molecular flexibility index (Phi) is 6.40. The van der Waals surface area contributed by atoms with Crippen LogP contribution in [-0.4, -0.2) is 47.3 Å². The number of nitrogens with zero attached hydrogens (tertiary/aromatic N) is 5. The highest BCUT2D eigenvalue weighted by Gasteiger charge is 2.39. The molecule has 4 rings (SSSR count). The first-order valence-electron chi connectivity index (χ1n) is 11.9. The van der Waals surface area contributed by atoms with Gasteiger partial charge in [-0.3, -0.25) is 0 Å². The van der Waals surface area contributed by atoms with Crippen LogP contribution in [0.1, 0.15) is 77.5 Å². The highest BCUT2D eigenvalue weighted by Crippen LogP contribution is 2.39. The summed E-state index contributed by atoms with van der Waals surface area (Å²) < 4.78 is 8.74. The first-order valence-corrected chi connectivity index (χ1v) is 15.2. The lowest BCUT2D eigenvalue weighted by Gasteiger charge is -2.38. The van der Waals surface area contributed by atoms with Crippen LogP contribution in [0, 0.1) is 6.92 Å². The second-order valence-electron chi connectivity index (χ2n) is 10.9. The summed E-state index contributed by atoms with van der Waals surface area (Å²) in [6, 6.07) is 0.737. The normalized spacial score (nSPS) is 21.4. The van der Waals surface area contributed by atoms with E-state index in [-0.39, 0.29) is 5.04 Å². The van der Waals surface area contributed by atoms with Crippen molar-refractivity contribution in [3.8, 4) is 0 Å². The van der Waals surface area contributed by atoms with Crippen LogP contribution in [0.5, 0.6) is 0 Å². The molecule has 1 saturated carbocycles. The van der Waals surface area contributed by atoms with E-state index in [1.54, 1.807) is 0 Å². The summed E-state index contributed by atoms with van der Waals surface area (Å²) in [5.41, 5.74) is 1.90. The minimum atomic E-state index is -1.80. The highest BCUT2D eigenvalue weighted by atomic mass is 35.5. The first-order chi connectivity index (χ1) is 14.6. The van der Waals surface area contributed by atoms with Crippen molar-refractivity contribution in [1.82, 2.24) is 19.7 Å². The van der Waals surface area contributed by atoms with Gasteiger partial charge in [-0.1, -0.05) is 40.0 Å². The molecular weight excluding hydrogens is 426 g/mol. The molecule has 0 spiro atoms. The fourth-order valence-corrected chi connectivity index (χ4v) is 5.96. The number of hydrogen-bond donors (Lipinski definition) is 0. The molecule has 2 fully saturated rings. The number of aryl methyl sites for hydroxylation is 1. The summed E-state index contributed by atoms with van der Waals surface area (Å²) in [6.07, 6.45) is 8.43. The van der Waals surface area contributed by atoms with Crippen LogP contribution < -0.4 is 4.90 Å². The molecule has 3 heterocycles. The monoisotopic (exact) mass is 463 g/mol. The Bertz CT molecular complexity index is 932. The van der Waals surface area contributed by atoms with Gasteiger partial charge in [-0.2, -0.15) is 15.1 Å². The molecule has 0 N–H and O–H groups in total. The predicted octanol–water partition coefficient (Wildman–Crippen LogP) is 6.28. The SMILES string of the molecule is Cc1nn(C2CCCCC2)c2nc(Cl)nc(N3CCC[C@H]3CO[Si](C)(C)C(C)(C)C)c12. The fourth-order valence-electron chi connectivity index (χ4n) is 4.76. The maximum Gasteiger partial charge on any atom is 0.226 e. The van der Waals surface area contributed by atoms with E-state index in [0.717, 1.165) is 48.5 Å². The zero-order valence-electron chi connectivity index (χ0n) is 20.0. The quantitative estimate of drug-likeness (QED) is 0.385. The van der Waals surface area contributed by atoms with E-state index >= 15 is 0 Å². The standard InChI is InChI=1S/C23H38ClN5OSi/c1-16-19-20(28-14-10-13-18(28)15-30-31(5,6)23(2,3)4)25-22(24)26-21(19)29(27-16)17-11-8-7-9-12-17/h17-18H,7-15H2,1-6H3/t18-/m0/s1. The number of hydrogen-bond acceptors (Lipinski definition) is 5. The van der Waals surface area contributed by atoms with E-state index in [2.05, 4.69) is 55.4 Å². The molecule has 1 atom stereocenters. The maximum absolute atomic E-state index is 6.60. The van der Waals surface area contributed by atoms with E-state index in [1.165, 1.54) is 32.1 Å². The van der Waals surface area contributed by atoms with E-state index in [1.807, 2.05) is 0 Å². The van der Waals surface area contributed by atoms with Crippen molar-refractivity contribution < 1.29 is 4.43 Å². The van der Waals surface area contributed by atoms with Crippen molar-refractivity contribution in [3.05, 3.63) is 11.0 Å². The summed E-state index contributed by atoms with van der Waals surface area (Å²) in [7, 11) is -1.80. The van der Waals surface area contributed by atoms with Crippen LogP contribution in [0.2, 0.25) is 23.4 Å². The number of fused-ring (bicyclic) bond motifs is 1. The average Bonchev–Trinajstić information content (AvgIpc) is 3.30. The lowest BCUT2D eigenvalue weighted by molar-refractivity contribution is 0.263. The Morgan fingerprint density at radius 1 is 1.06 bits per heavy atom. The molecule has 31 heavy (non-hydrogen) atoms. The topological polar surface area (TPSA) is 56.1 Å². The fraction of sp³-hybridized carbons (Fsp3) is 0.783. The van der Waals surface area contributed by atoms with Crippen molar-refractivity contribution in [2.45, 2.75) is 103 Å². The van der Waals surface area contributed by atoms with Crippen LogP contribution in [-0.2, 0) is 4.43 Å². The smallest absolute Gasteiger partial charge is 0.226 e. The van der Waals surface area contributed by atoms with Gasteiger partial charge in [-0.05, 0) is 62.3 Å². The predicted molar refractivity (Wildman–Crippen MR) is 131 cm³/mol. The third-order valence-electron chi connectivity index (χ3n) is 7.69. The Morgan fingerprint density at radius 2 is 1.77 bits per heavy atom. The molecule has 8 heteroatoms. The molecule has 0 aromatic carbocycles. The molecule has 2 aromatic heterocycles. The van der Waals surface area contributed by atoms with Crippen molar-refractivity contribution >= 4 is 36.8 Å². The summed E-state index contributed by atoms with van der Waals surface area (Å²) in [5.74, 6) is 0.941. The van der Waals surface area contributed by atoms with Crippen LogP contribution in [0.3, 0.4) is 0 Å². The molecule has 2 aromatic rings. The van der Waals surface area contributed by atoms with Gasteiger partial charge in [-0.15, -0.1) is 0 Å². The Hall–Kier alpha value is -1.18. The molecule has 6 nitrogen and oxygen atoms in total. The highest BCUT2D eigenvalue weighted by molar-refractivity contribution is 6.74. The van der Waals surface area contributed by atoms with Crippen LogP contribution in [0.15, 0.2) is 0 Å². The first kappa shape index (κ1) is 23.0. The average molecular weight is 464 g/mol. The number of anilines is 1. The van der Waals surface area contributed by atoms with Crippen LogP contribution in [0.4, 0.5) is 5.82 Å². The number of halogens is 1. The molecule has 1 aliphatic heterocycles. The largest absolute Gasteiger partial charge is 0.415 e. The van der Waals surface area contributed by atoms with Gasteiger partial charge >= 0.3 is 0 Å². The molecule has 1 aliphatic carbocycles. The maximum atomic E-state index is 6.60. The van der Waals surface area contributed by atoms with Crippen molar-refractivity contribution in [3.63, 3.8) is 0 Å². The third kappa shape index (κ3) is 4.51. The van der Waals surface area contributed by atoms with Gasteiger partial charge in [0.2, 0.25) is 5.28 Å². The van der Waals surface area contributed by atoms with Gasteiger partial charge in [0.25, 0.3) is 0 Å². The molecule has 0 unspecified atom stereocenters. The van der Waals surface area contributed by atoms with Gasteiger partial charge in [0, 0.05) is 6.54 Å². The van der Waals surface area contributed by atoms with Gasteiger partial charge in [0.05, 0.1) is 29.8 Å². The van der Waals surface area contributed by atoms with Crippen molar-refractivity contribution in [2.75, 3.05) is 18.1 Å². The minimum absolute atomic E-state index is 0.208. The molecule has 0 bridgehead atoms. The van der Waals surface area contributed by atoms with E-state index in [0.29, 0.717) is 17.4 Å². The molecule has 2 aliphatic rings. The van der Waals surface area contributed by atoms with Gasteiger partial charge in [-0.25, -0.2) is 4.68 Å². The van der Waals surface area contributed by atoms with Gasteiger partial charge < -0.3 is 9.33 Å². The number of aromatic nitrogens is 4. The Balaban J connectivity index is 1.66. The van der Waals surface area contributed by atoms with E-state index < -0.39 is 8.32 Å². The molecule has 0 amide bonds. The summed E-state index contributed by atoms with van der Waals surface area (Å²) >= 11 is 6.47. The third-order valence-corrected chi connectivity index (χ3v) is 12.4. The summed E-state index contributed by atoms with van der Waals surface area (Å²) in [4.78, 5) is 11.8. The minimum Gasteiger partial charge on any atom is -0.415 e. The van der Waals surface area contributed by atoms with E-state index in [9.17, 15) is 0 Å². The van der Waals surface area contributed by atoms with Crippen LogP contribution >= 0.6 is 11.6 Å². The lowest BCUT2D eigenvalue weighted by Crippen LogP contribution is -2.45. The van der Waals surface area contributed by atoms with Gasteiger partial charge in [0.1, 0.15) is 5.82 Å². The summed E-state index contributed by atoms with van der Waals surface area (Å²) in [5, 5.41) is 6.52. The molecule has 1 saturated heterocycles. The summed E-state index contributed by atoms with van der Waals surface area (Å²) in [6.45, 7) is 15.3. The Labute approximate surface area is 192 Å². The number of rotatable bonds is 5. The molecule has 172 valence electrons. The van der Waals surface area contributed by atoms with Gasteiger partial charge in [0.15, 0.2) is 14.0 Å². The van der Waals surface area contributed by atoms with Crippen molar-refractivity contribution in [1.29, 1.82) is 0 Å². The zero-order chi connectivity index (χ0) is 22.4. The zero-order valence-corrected chi connectivity index (χ0v) is 21.8. The van der Waals surface area contributed by atoms with Crippen LogP contribution in [0.25, 0.3) is 11.0 Å². The van der Waals surface area contributed by atoms with Crippen molar-refractivity contribution in [2.24, 2.45) is 0 Å². The Morgan fingerprint density at radius 3 is 2.45 bits per heavy atom. The lowest BCUT2D eigenvalue weighted by atomic mass is 9.96. The van der Waals surface area contributed by atoms with E-state index in [4.69, 9.17) is 26.1 Å². The molecular formula is C23H38ClN5OSi. The second kappa shape index (κ2) is 8.63. The second-order valence-corrected chi connectivity index (χ2v) is 16.0. The molecule has 0 radical (unpaired) electrons.